The molecule has 8 heteroatoms. The molecule has 1 saturated heterocycles. The predicted octanol–water partition coefficient (Wildman–Crippen LogP) is 2.49. The minimum absolute atomic E-state index is 0.236. The summed E-state index contributed by atoms with van der Waals surface area (Å²) in [4.78, 5) is 51.7. The number of rotatable bonds is 5. The van der Waals surface area contributed by atoms with E-state index in [2.05, 4.69) is 17.6 Å². The first-order chi connectivity index (χ1) is 14.9. The molecular formula is C23H23N3O4S. The Morgan fingerprint density at radius 1 is 1.03 bits per heavy atom. The van der Waals surface area contributed by atoms with E-state index in [-0.39, 0.29) is 17.9 Å². The number of piperidine rings is 1. The second kappa shape index (κ2) is 9.03. The van der Waals surface area contributed by atoms with E-state index in [0.717, 1.165) is 21.8 Å². The topological polar surface area (TPSA) is 95.6 Å². The van der Waals surface area contributed by atoms with E-state index in [1.54, 1.807) is 36.0 Å². The Balaban J connectivity index is 1.40. The molecule has 4 amide bonds. The first kappa shape index (κ1) is 21.3. The van der Waals surface area contributed by atoms with Crippen LogP contribution >= 0.6 is 11.8 Å². The second-order valence-electron chi connectivity index (χ2n) is 7.60. The maximum absolute atomic E-state index is 12.6. The highest BCUT2D eigenvalue weighted by Crippen LogP contribution is 2.28. The van der Waals surface area contributed by atoms with Crippen molar-refractivity contribution in [2.24, 2.45) is 0 Å². The summed E-state index contributed by atoms with van der Waals surface area (Å²) in [5.41, 5.74) is 2.82. The smallest absolute Gasteiger partial charge is 0.258 e. The van der Waals surface area contributed by atoms with Crippen molar-refractivity contribution in [3.05, 3.63) is 64.7 Å². The number of benzene rings is 2. The van der Waals surface area contributed by atoms with Crippen molar-refractivity contribution in [3.8, 4) is 0 Å². The minimum Gasteiger partial charge on any atom is -0.295 e. The van der Waals surface area contributed by atoms with E-state index < -0.39 is 11.8 Å². The number of hydrogen-bond donors (Lipinski definition) is 2. The molecule has 0 aliphatic carbocycles. The maximum Gasteiger partial charge on any atom is 0.258 e. The number of fused-ring (bicyclic) bond motifs is 1. The Hall–Kier alpha value is -2.97. The molecule has 2 aromatic carbocycles. The first-order valence-corrected chi connectivity index (χ1v) is 11.2. The first-order valence-electron chi connectivity index (χ1n) is 10.2. The zero-order valence-corrected chi connectivity index (χ0v) is 18.0. The molecule has 7 nitrogen and oxygen atoms in total. The molecule has 4 rings (SSSR count). The minimum atomic E-state index is -0.459. The molecule has 2 aliphatic rings. The van der Waals surface area contributed by atoms with Crippen LogP contribution in [0, 0.1) is 0 Å². The van der Waals surface area contributed by atoms with Gasteiger partial charge < -0.3 is 0 Å². The van der Waals surface area contributed by atoms with Crippen LogP contribution in [-0.2, 0) is 22.7 Å². The monoisotopic (exact) mass is 437 g/mol. The molecular weight excluding hydrogens is 414 g/mol. The third-order valence-electron chi connectivity index (χ3n) is 5.52. The van der Waals surface area contributed by atoms with Gasteiger partial charge >= 0.3 is 0 Å². The molecule has 2 aromatic rings. The molecule has 2 N–H and O–H groups in total. The third kappa shape index (κ3) is 4.70. The Labute approximate surface area is 184 Å². The van der Waals surface area contributed by atoms with Gasteiger partial charge in [0.15, 0.2) is 0 Å². The fourth-order valence-corrected chi connectivity index (χ4v) is 4.59. The molecule has 0 spiro atoms. The fourth-order valence-electron chi connectivity index (χ4n) is 3.93. The van der Waals surface area contributed by atoms with Gasteiger partial charge in [0.25, 0.3) is 11.8 Å². The van der Waals surface area contributed by atoms with Gasteiger partial charge in [-0.15, -0.1) is 11.8 Å². The van der Waals surface area contributed by atoms with Crippen molar-refractivity contribution in [2.45, 2.75) is 43.8 Å². The van der Waals surface area contributed by atoms with Gasteiger partial charge in [0.2, 0.25) is 11.8 Å². The van der Waals surface area contributed by atoms with Crippen LogP contribution in [0.2, 0.25) is 0 Å². The number of nitrogens with zero attached hydrogens (tertiary/aromatic N) is 1. The molecule has 0 bridgehead atoms. The molecule has 0 saturated carbocycles. The largest absolute Gasteiger partial charge is 0.295 e. The molecule has 0 aromatic heterocycles. The quantitative estimate of drug-likeness (QED) is 0.551. The average molecular weight is 438 g/mol. The highest BCUT2D eigenvalue weighted by atomic mass is 32.2. The molecule has 31 heavy (non-hydrogen) atoms. The van der Waals surface area contributed by atoms with Crippen molar-refractivity contribution in [1.82, 2.24) is 15.5 Å². The van der Waals surface area contributed by atoms with Crippen molar-refractivity contribution in [2.75, 3.05) is 5.75 Å². The second-order valence-corrected chi connectivity index (χ2v) is 8.93. The van der Waals surface area contributed by atoms with Gasteiger partial charge in [-0.25, -0.2) is 0 Å². The highest BCUT2D eigenvalue weighted by molar-refractivity contribution is 7.99. The Kier molecular flexibility index (Phi) is 6.20. The molecule has 1 atom stereocenters. The van der Waals surface area contributed by atoms with Crippen LogP contribution in [0.15, 0.2) is 47.4 Å². The third-order valence-corrected chi connectivity index (χ3v) is 6.41. The molecule has 1 fully saturated rings. The van der Waals surface area contributed by atoms with Crippen molar-refractivity contribution < 1.29 is 19.2 Å². The van der Waals surface area contributed by atoms with Gasteiger partial charge in [-0.2, -0.15) is 0 Å². The van der Waals surface area contributed by atoms with Gasteiger partial charge in [-0.3, -0.25) is 34.7 Å². The standard InChI is InChI=1S/C23H23N3O4S/c1-2-31-18-7-5-14(6-8-18)21(28)25-22(29)15-3-4-16-12-26(13-17(16)11-15)19-9-10-20(27)24-23(19)30/h3-8,11,19H,2,9-10,12-13H2,1H3,(H,24,27,30)(H,25,28,29). The van der Waals surface area contributed by atoms with Gasteiger partial charge in [0.05, 0.1) is 6.04 Å². The van der Waals surface area contributed by atoms with Crippen molar-refractivity contribution >= 4 is 35.4 Å². The summed E-state index contributed by atoms with van der Waals surface area (Å²) < 4.78 is 0. The highest BCUT2D eigenvalue weighted by Gasteiger charge is 2.34. The van der Waals surface area contributed by atoms with E-state index in [1.807, 2.05) is 23.1 Å². The van der Waals surface area contributed by atoms with Crippen LogP contribution < -0.4 is 10.6 Å². The SMILES string of the molecule is CCSc1ccc(C(=O)NC(=O)c2ccc3c(c2)CN(C2CCC(=O)NC2=O)C3)cc1. The lowest BCUT2D eigenvalue weighted by Crippen LogP contribution is -2.50. The summed E-state index contributed by atoms with van der Waals surface area (Å²) in [5.74, 6) is -0.456. The zero-order chi connectivity index (χ0) is 22.0. The molecule has 2 aliphatic heterocycles. The number of nitrogens with one attached hydrogen (secondary N) is 2. The van der Waals surface area contributed by atoms with E-state index in [9.17, 15) is 19.2 Å². The summed E-state index contributed by atoms with van der Waals surface area (Å²) >= 11 is 1.68. The van der Waals surface area contributed by atoms with E-state index >= 15 is 0 Å². The lowest BCUT2D eigenvalue weighted by atomic mass is 10.0. The molecule has 0 radical (unpaired) electrons. The fraction of sp³-hybridized carbons (Fsp3) is 0.304. The van der Waals surface area contributed by atoms with Gasteiger partial charge in [-0.05, 0) is 59.7 Å². The maximum atomic E-state index is 12.6. The number of hydrogen-bond acceptors (Lipinski definition) is 6. The summed E-state index contributed by atoms with van der Waals surface area (Å²) in [6.07, 6.45) is 0.827. The van der Waals surface area contributed by atoms with Crippen molar-refractivity contribution in [1.29, 1.82) is 0 Å². The molecule has 160 valence electrons. The summed E-state index contributed by atoms with van der Waals surface area (Å²) in [6, 6.07) is 12.1. The van der Waals surface area contributed by atoms with Gasteiger partial charge in [0, 0.05) is 35.5 Å². The van der Waals surface area contributed by atoms with Gasteiger partial charge in [0.1, 0.15) is 0 Å². The van der Waals surface area contributed by atoms with Gasteiger partial charge in [-0.1, -0.05) is 13.0 Å². The number of thioether (sulfide) groups is 1. The molecule has 2 heterocycles. The van der Waals surface area contributed by atoms with Crippen LogP contribution in [0.5, 0.6) is 0 Å². The van der Waals surface area contributed by atoms with Crippen LogP contribution in [-0.4, -0.2) is 40.3 Å². The van der Waals surface area contributed by atoms with Crippen LogP contribution in [0.1, 0.15) is 51.6 Å². The van der Waals surface area contributed by atoms with E-state index in [1.165, 1.54) is 0 Å². The summed E-state index contributed by atoms with van der Waals surface area (Å²) in [7, 11) is 0. The summed E-state index contributed by atoms with van der Waals surface area (Å²) in [5, 5.41) is 4.83. The molecule has 1 unspecified atom stereocenters. The number of carbonyl (C=O) groups is 4. The number of carbonyl (C=O) groups excluding carboxylic acids is 4. The van der Waals surface area contributed by atoms with Crippen molar-refractivity contribution in [3.63, 3.8) is 0 Å². The Morgan fingerprint density at radius 2 is 1.71 bits per heavy atom. The zero-order valence-electron chi connectivity index (χ0n) is 17.1. The normalized spacial score (nSPS) is 18.4. The van der Waals surface area contributed by atoms with Crippen LogP contribution in [0.25, 0.3) is 0 Å². The van der Waals surface area contributed by atoms with E-state index in [0.29, 0.717) is 37.1 Å². The average Bonchev–Trinajstić information content (AvgIpc) is 3.17. The van der Waals surface area contributed by atoms with Crippen LogP contribution in [0.3, 0.4) is 0 Å². The number of amides is 4. The lowest BCUT2D eigenvalue weighted by molar-refractivity contribution is -0.137. The lowest BCUT2D eigenvalue weighted by Gasteiger charge is -2.29. The van der Waals surface area contributed by atoms with Crippen LogP contribution in [0.4, 0.5) is 0 Å². The Bertz CT molecular complexity index is 1050. The van der Waals surface area contributed by atoms with E-state index in [4.69, 9.17) is 0 Å². The predicted molar refractivity (Wildman–Crippen MR) is 116 cm³/mol. The Morgan fingerprint density at radius 3 is 2.42 bits per heavy atom. The number of imide groups is 2. The summed E-state index contributed by atoms with van der Waals surface area (Å²) in [6.45, 7) is 3.17.